The number of carbonyl (C=O) groups excluding carboxylic acids is 1. The summed E-state index contributed by atoms with van der Waals surface area (Å²) in [6.07, 6.45) is -6.00. The Morgan fingerprint density at radius 3 is 0.786 bits per heavy atom. The number of hydrogen-bond acceptors (Lipinski definition) is 5. The van der Waals surface area contributed by atoms with Gasteiger partial charge < -0.3 is 35.4 Å². The molecule has 0 amide bonds. The van der Waals surface area contributed by atoms with Crippen LogP contribution in [0.15, 0.2) is 0 Å². The third-order valence-electron chi connectivity index (χ3n) is 0. The monoisotopic (exact) mass is 240 g/mol. The van der Waals surface area contributed by atoms with E-state index in [4.69, 9.17) is 45.0 Å². The Bertz CT molecular complexity index is 118. The molecule has 0 aromatic carbocycles. The maximum absolute atomic E-state index is 8.56. The van der Waals surface area contributed by atoms with Crippen LogP contribution in [-0.4, -0.2) is 72.9 Å². The Morgan fingerprint density at radius 2 is 0.786 bits per heavy atom. The van der Waals surface area contributed by atoms with Crippen molar-refractivity contribution in [1.29, 1.82) is 0 Å². The number of carbonyl (C=O) groups is 3. The zero-order chi connectivity index (χ0) is 10.7. The minimum Gasteiger partial charge on any atom is -0.652 e. The summed E-state index contributed by atoms with van der Waals surface area (Å²) in [7, 11) is 0. The summed E-state index contributed by atoms with van der Waals surface area (Å²) < 4.78 is 0. The molecule has 0 aliphatic heterocycles. The van der Waals surface area contributed by atoms with Crippen molar-refractivity contribution in [1.82, 2.24) is 0 Å². The van der Waals surface area contributed by atoms with Crippen LogP contribution in [0.25, 0.3) is 0 Å². The minimum atomic E-state index is -2.33. The smallest absolute Gasteiger partial charge is 0.652 e. The van der Waals surface area contributed by atoms with Gasteiger partial charge in [0.25, 0.3) is 0 Å². The maximum atomic E-state index is 8.56. The summed E-state index contributed by atoms with van der Waals surface area (Å²) in [6.45, 7) is 0. The Hall–Kier alpha value is -1.21. The van der Waals surface area contributed by atoms with Crippen molar-refractivity contribution < 1.29 is 45.0 Å². The molecule has 0 aliphatic rings. The van der Waals surface area contributed by atoms with Crippen LogP contribution in [0.5, 0.6) is 0 Å². The van der Waals surface area contributed by atoms with E-state index in [1.165, 1.54) is 0 Å². The summed E-state index contributed by atoms with van der Waals surface area (Å²) >= 11 is 0. The van der Waals surface area contributed by atoms with Crippen LogP contribution in [-0.2, 0) is 0 Å². The summed E-state index contributed by atoms with van der Waals surface area (Å²) in [5.41, 5.74) is 0. The molecule has 0 saturated heterocycles. The Morgan fingerprint density at radius 1 is 0.786 bits per heavy atom. The van der Waals surface area contributed by atoms with E-state index in [0.717, 1.165) is 0 Å². The third-order valence-corrected chi connectivity index (χ3v) is 0. The average Bonchev–Trinajstić information content (AvgIpc) is 1.54. The number of rotatable bonds is 0. The van der Waals surface area contributed by atoms with Crippen LogP contribution in [0, 0.1) is 0 Å². The average molecular weight is 240 g/mol. The topological polar surface area (TPSA) is 178 Å². The van der Waals surface area contributed by atoms with E-state index in [-0.39, 0.29) is 34.0 Å². The molecule has 9 nitrogen and oxygen atoms in total. The Kier molecular flexibility index (Phi) is 47.3. The molecule has 0 saturated carbocycles. The van der Waals surface area contributed by atoms with Gasteiger partial charge in [-0.2, -0.15) is 0 Å². The van der Waals surface area contributed by atoms with E-state index in [1.807, 2.05) is 0 Å². The molecule has 0 rings (SSSR count). The van der Waals surface area contributed by atoms with Gasteiger partial charge in [0, 0.05) is 0 Å². The first-order chi connectivity index (χ1) is 5.20. The van der Waals surface area contributed by atoms with Gasteiger partial charge in [-0.05, 0) is 17.1 Å². The Balaban J connectivity index is -0.0000000270. The van der Waals surface area contributed by atoms with Crippen molar-refractivity contribution in [2.45, 2.75) is 0 Å². The van der Waals surface area contributed by atoms with Crippen molar-refractivity contribution >= 4 is 52.5 Å². The molecule has 11 heteroatoms. The van der Waals surface area contributed by atoms with Crippen molar-refractivity contribution in [3.8, 4) is 0 Å². The molecular formula is C3H8MgO9Si. The first-order valence-electron chi connectivity index (χ1n) is 1.92. The van der Waals surface area contributed by atoms with E-state index in [9.17, 15) is 0 Å². The zero-order valence-electron chi connectivity index (χ0n) is 6.04. The van der Waals surface area contributed by atoms with Gasteiger partial charge in [0.1, 0.15) is 0 Å². The van der Waals surface area contributed by atoms with Crippen LogP contribution in [0.2, 0.25) is 0 Å². The van der Waals surface area contributed by atoms with Crippen LogP contribution in [0.1, 0.15) is 0 Å². The summed E-state index contributed by atoms with van der Waals surface area (Å²) in [5, 5.41) is 44.6. The minimum absolute atomic E-state index is 0. The SMILES string of the molecule is O=C(O)O.O=C(O)O.O=C([O-])[O-].[Mg+2].[SiH4]. The fourth-order valence-corrected chi connectivity index (χ4v) is 0. The normalized spacial score (nSPS) is 5.14. The van der Waals surface area contributed by atoms with Gasteiger partial charge in [0.05, 0.1) is 0 Å². The van der Waals surface area contributed by atoms with Crippen molar-refractivity contribution in [3.63, 3.8) is 0 Å². The predicted octanol–water partition coefficient (Wildman–Crippen LogP) is -3.83. The largest absolute Gasteiger partial charge is 2.00 e. The summed E-state index contributed by atoms with van der Waals surface area (Å²) in [4.78, 5) is 25.4. The maximum Gasteiger partial charge on any atom is 2.00 e. The van der Waals surface area contributed by atoms with Gasteiger partial charge >= 0.3 is 35.4 Å². The molecule has 0 bridgehead atoms. The molecule has 0 fully saturated rings. The standard InChI is InChI=1S/3CH2O3.Mg.H4Si/c3*2-1(3)4;;/h3*(H2,2,3,4);;1H4/q;;;+2;/p-2. The van der Waals surface area contributed by atoms with Gasteiger partial charge in [-0.3, -0.25) is 0 Å². The van der Waals surface area contributed by atoms with Crippen molar-refractivity contribution in [3.05, 3.63) is 0 Å². The summed E-state index contributed by atoms with van der Waals surface area (Å²) in [5.74, 6) is 0. The fraction of sp³-hybridized carbons (Fsp3) is 0. The molecule has 0 radical (unpaired) electrons. The molecule has 0 heterocycles. The second-order valence-corrected chi connectivity index (χ2v) is 0.815. The van der Waals surface area contributed by atoms with Gasteiger partial charge in [-0.25, -0.2) is 9.59 Å². The van der Waals surface area contributed by atoms with E-state index >= 15 is 0 Å². The fourth-order valence-electron chi connectivity index (χ4n) is 0. The van der Waals surface area contributed by atoms with E-state index in [2.05, 4.69) is 0 Å². The first kappa shape index (κ1) is 29.3. The van der Waals surface area contributed by atoms with Gasteiger partial charge in [0.2, 0.25) is 0 Å². The molecular weight excluding hydrogens is 232 g/mol. The van der Waals surface area contributed by atoms with Gasteiger partial charge in [-0.15, -0.1) is 0 Å². The van der Waals surface area contributed by atoms with Crippen molar-refractivity contribution in [2.24, 2.45) is 0 Å². The molecule has 14 heavy (non-hydrogen) atoms. The molecule has 0 aromatic rings. The molecule has 0 spiro atoms. The Labute approximate surface area is 97.8 Å². The van der Waals surface area contributed by atoms with E-state index < -0.39 is 18.5 Å². The molecule has 0 unspecified atom stereocenters. The first-order valence-corrected chi connectivity index (χ1v) is 1.92. The molecule has 4 N–H and O–H groups in total. The number of hydrogen-bond donors (Lipinski definition) is 4. The van der Waals surface area contributed by atoms with Crippen LogP contribution in [0.3, 0.4) is 0 Å². The van der Waals surface area contributed by atoms with E-state index in [1.54, 1.807) is 0 Å². The predicted molar refractivity (Wildman–Crippen MR) is 43.8 cm³/mol. The van der Waals surface area contributed by atoms with E-state index in [0.29, 0.717) is 0 Å². The molecule has 0 aliphatic carbocycles. The van der Waals surface area contributed by atoms with Gasteiger partial charge in [0.15, 0.2) is 0 Å². The van der Waals surface area contributed by atoms with Gasteiger partial charge in [-0.1, -0.05) is 0 Å². The third kappa shape index (κ3) is 711. The van der Waals surface area contributed by atoms with Crippen molar-refractivity contribution in [2.75, 3.05) is 0 Å². The molecule has 0 aromatic heterocycles. The molecule has 80 valence electrons. The zero-order valence-corrected chi connectivity index (χ0v) is 7.45. The summed E-state index contributed by atoms with van der Waals surface area (Å²) in [6, 6.07) is 0. The van der Waals surface area contributed by atoms with Crippen LogP contribution >= 0.6 is 0 Å². The second-order valence-electron chi connectivity index (χ2n) is 0.815. The molecule has 0 atom stereocenters. The van der Waals surface area contributed by atoms with Crippen LogP contribution in [0.4, 0.5) is 14.4 Å². The van der Waals surface area contributed by atoms with Crippen LogP contribution < -0.4 is 10.2 Å². The number of carboxylic acid groups (broad SMARTS) is 6. The quantitative estimate of drug-likeness (QED) is 0.308. The second kappa shape index (κ2) is 22.6.